The van der Waals surface area contributed by atoms with E-state index >= 15 is 0 Å². The van der Waals surface area contributed by atoms with E-state index in [4.69, 9.17) is 13.9 Å². The molecule has 0 spiro atoms. The summed E-state index contributed by atoms with van der Waals surface area (Å²) in [4.78, 5) is 0. The maximum absolute atomic E-state index is 5.39. The van der Waals surface area contributed by atoms with E-state index in [2.05, 4.69) is 17.4 Å². The average molecular weight is 296 g/mol. The Hall–Kier alpha value is -1.65. The highest BCUT2D eigenvalue weighted by molar-refractivity contribution is 5.85. The van der Waals surface area contributed by atoms with E-state index < -0.39 is 0 Å². The Morgan fingerprint density at radius 1 is 1.20 bits per heavy atom. The van der Waals surface area contributed by atoms with Crippen LogP contribution in [0.25, 0.3) is 0 Å². The van der Waals surface area contributed by atoms with Crippen molar-refractivity contribution in [1.82, 2.24) is 5.32 Å². The van der Waals surface area contributed by atoms with Crippen molar-refractivity contribution in [1.29, 1.82) is 0 Å². The molecule has 0 saturated carbocycles. The SMILES string of the molecule is COc1cc2c(cc1OC)[C@H](c1ccoc1)NCC2.Cl. The molecule has 5 heteroatoms. The van der Waals surface area contributed by atoms with Crippen molar-refractivity contribution in [2.75, 3.05) is 20.8 Å². The number of furan rings is 1. The van der Waals surface area contributed by atoms with Crippen molar-refractivity contribution in [2.45, 2.75) is 12.5 Å². The minimum absolute atomic E-state index is 0. The number of hydrogen-bond acceptors (Lipinski definition) is 4. The molecule has 0 fully saturated rings. The molecule has 3 rings (SSSR count). The summed E-state index contributed by atoms with van der Waals surface area (Å²) in [5.74, 6) is 1.55. The second kappa shape index (κ2) is 6.20. The lowest BCUT2D eigenvalue weighted by molar-refractivity contribution is 0.353. The molecule has 0 unspecified atom stereocenters. The molecule has 1 aromatic carbocycles. The predicted octanol–water partition coefficient (Wildman–Crippen LogP) is 2.95. The van der Waals surface area contributed by atoms with Gasteiger partial charge in [-0.15, -0.1) is 12.4 Å². The molecule has 0 bridgehead atoms. The molecule has 2 aromatic rings. The molecule has 4 nitrogen and oxygen atoms in total. The summed E-state index contributed by atoms with van der Waals surface area (Å²) in [6.45, 7) is 0.943. The molecule has 1 atom stereocenters. The van der Waals surface area contributed by atoms with E-state index in [0.717, 1.165) is 30.0 Å². The van der Waals surface area contributed by atoms with Gasteiger partial charge in [0, 0.05) is 12.1 Å². The number of ether oxygens (including phenoxy) is 2. The van der Waals surface area contributed by atoms with Crippen molar-refractivity contribution in [3.05, 3.63) is 47.4 Å². The molecule has 108 valence electrons. The van der Waals surface area contributed by atoms with Crippen molar-refractivity contribution < 1.29 is 13.9 Å². The van der Waals surface area contributed by atoms with E-state index in [1.165, 1.54) is 11.1 Å². The fraction of sp³-hybridized carbons (Fsp3) is 0.333. The molecule has 0 amide bonds. The largest absolute Gasteiger partial charge is 0.493 e. The Morgan fingerprint density at radius 3 is 2.60 bits per heavy atom. The summed E-state index contributed by atoms with van der Waals surface area (Å²) in [5.41, 5.74) is 3.65. The number of methoxy groups -OCH3 is 2. The lowest BCUT2D eigenvalue weighted by atomic mass is 9.90. The highest BCUT2D eigenvalue weighted by Crippen LogP contribution is 2.37. The van der Waals surface area contributed by atoms with Crippen LogP contribution in [0.4, 0.5) is 0 Å². The zero-order valence-corrected chi connectivity index (χ0v) is 12.3. The lowest BCUT2D eigenvalue weighted by Crippen LogP contribution is -2.30. The third kappa shape index (κ3) is 2.49. The standard InChI is InChI=1S/C15H17NO3.ClH/c1-17-13-7-10-3-5-16-15(11-4-6-19-9-11)12(10)8-14(13)18-2;/h4,6-9,15-16H,3,5H2,1-2H3;1H/t15-;/m0./s1. The molecule has 2 heterocycles. The van der Waals surface area contributed by atoms with Crippen LogP contribution >= 0.6 is 12.4 Å². The van der Waals surface area contributed by atoms with Gasteiger partial charge in [-0.25, -0.2) is 0 Å². The highest BCUT2D eigenvalue weighted by atomic mass is 35.5. The Morgan fingerprint density at radius 2 is 1.95 bits per heavy atom. The van der Waals surface area contributed by atoms with Gasteiger partial charge >= 0.3 is 0 Å². The number of hydrogen-bond donors (Lipinski definition) is 1. The van der Waals surface area contributed by atoms with Crippen LogP contribution in [0, 0.1) is 0 Å². The second-order valence-electron chi connectivity index (χ2n) is 4.60. The highest BCUT2D eigenvalue weighted by Gasteiger charge is 2.24. The monoisotopic (exact) mass is 295 g/mol. The number of rotatable bonds is 3. The third-order valence-electron chi connectivity index (χ3n) is 3.58. The van der Waals surface area contributed by atoms with Gasteiger partial charge in [0.05, 0.1) is 32.8 Å². The molecule has 0 aliphatic carbocycles. The van der Waals surface area contributed by atoms with Crippen LogP contribution in [0.15, 0.2) is 35.1 Å². The zero-order valence-electron chi connectivity index (χ0n) is 11.5. The number of benzene rings is 1. The summed E-state index contributed by atoms with van der Waals surface area (Å²) in [7, 11) is 3.33. The summed E-state index contributed by atoms with van der Waals surface area (Å²) < 4.78 is 15.9. The van der Waals surface area contributed by atoms with Gasteiger partial charge in [-0.1, -0.05) is 0 Å². The Bertz CT molecular complexity index is 569. The molecule has 1 aromatic heterocycles. The minimum atomic E-state index is 0. The molecule has 1 aliphatic rings. The molecule has 0 radical (unpaired) electrons. The molecule has 0 saturated heterocycles. The van der Waals surface area contributed by atoms with Crippen molar-refractivity contribution in [2.24, 2.45) is 0 Å². The first-order valence-electron chi connectivity index (χ1n) is 6.33. The van der Waals surface area contributed by atoms with Crippen LogP contribution < -0.4 is 14.8 Å². The second-order valence-corrected chi connectivity index (χ2v) is 4.60. The van der Waals surface area contributed by atoms with Gasteiger partial charge in [-0.2, -0.15) is 0 Å². The fourth-order valence-electron chi connectivity index (χ4n) is 2.62. The van der Waals surface area contributed by atoms with Crippen LogP contribution in [-0.4, -0.2) is 20.8 Å². The minimum Gasteiger partial charge on any atom is -0.493 e. The van der Waals surface area contributed by atoms with Crippen LogP contribution in [-0.2, 0) is 6.42 Å². The van der Waals surface area contributed by atoms with Crippen LogP contribution in [0.1, 0.15) is 22.7 Å². The number of halogens is 1. The third-order valence-corrected chi connectivity index (χ3v) is 3.58. The van der Waals surface area contributed by atoms with E-state index in [1.54, 1.807) is 26.7 Å². The smallest absolute Gasteiger partial charge is 0.161 e. The molecule has 1 aliphatic heterocycles. The summed E-state index contributed by atoms with van der Waals surface area (Å²) >= 11 is 0. The summed E-state index contributed by atoms with van der Waals surface area (Å²) in [5, 5.41) is 3.51. The van der Waals surface area contributed by atoms with Crippen LogP contribution in [0.3, 0.4) is 0 Å². The van der Waals surface area contributed by atoms with E-state index in [9.17, 15) is 0 Å². The van der Waals surface area contributed by atoms with Gasteiger partial charge in [0.15, 0.2) is 11.5 Å². The van der Waals surface area contributed by atoms with E-state index in [0.29, 0.717) is 0 Å². The van der Waals surface area contributed by atoms with Crippen molar-refractivity contribution >= 4 is 12.4 Å². The topological polar surface area (TPSA) is 43.6 Å². The predicted molar refractivity (Wildman–Crippen MR) is 79.1 cm³/mol. The Labute approximate surface area is 124 Å². The average Bonchev–Trinajstić information content (AvgIpc) is 2.99. The van der Waals surface area contributed by atoms with Gasteiger partial charge in [0.2, 0.25) is 0 Å². The van der Waals surface area contributed by atoms with Gasteiger partial charge in [0.25, 0.3) is 0 Å². The number of fused-ring (bicyclic) bond motifs is 1. The normalized spacial score (nSPS) is 17.0. The first-order valence-corrected chi connectivity index (χ1v) is 6.33. The van der Waals surface area contributed by atoms with E-state index in [-0.39, 0.29) is 18.4 Å². The summed E-state index contributed by atoms with van der Waals surface area (Å²) in [6.07, 6.45) is 4.47. The van der Waals surface area contributed by atoms with Gasteiger partial charge < -0.3 is 19.2 Å². The van der Waals surface area contributed by atoms with E-state index in [1.807, 2.05) is 6.07 Å². The molecule has 1 N–H and O–H groups in total. The Balaban J connectivity index is 0.00000147. The maximum Gasteiger partial charge on any atom is 0.161 e. The molecular formula is C15H18ClNO3. The lowest BCUT2D eigenvalue weighted by Gasteiger charge is -2.27. The van der Waals surface area contributed by atoms with Crippen LogP contribution in [0.5, 0.6) is 11.5 Å². The fourth-order valence-corrected chi connectivity index (χ4v) is 2.62. The maximum atomic E-state index is 5.39. The van der Waals surface area contributed by atoms with Gasteiger partial charge in [-0.3, -0.25) is 0 Å². The zero-order chi connectivity index (χ0) is 13.2. The quantitative estimate of drug-likeness (QED) is 0.945. The molecule has 20 heavy (non-hydrogen) atoms. The number of nitrogens with one attached hydrogen (secondary N) is 1. The van der Waals surface area contributed by atoms with Crippen molar-refractivity contribution in [3.8, 4) is 11.5 Å². The first kappa shape index (κ1) is 14.8. The van der Waals surface area contributed by atoms with Gasteiger partial charge in [-0.05, 0) is 35.7 Å². The first-order chi connectivity index (χ1) is 9.33. The van der Waals surface area contributed by atoms with Crippen LogP contribution in [0.2, 0.25) is 0 Å². The molecular weight excluding hydrogens is 278 g/mol. The van der Waals surface area contributed by atoms with Gasteiger partial charge in [0.1, 0.15) is 0 Å². The Kier molecular flexibility index (Phi) is 4.57. The van der Waals surface area contributed by atoms with Crippen molar-refractivity contribution in [3.63, 3.8) is 0 Å². The summed E-state index contributed by atoms with van der Waals surface area (Å²) in [6, 6.07) is 6.27.